The average Bonchev–Trinajstić information content (AvgIpc) is 2.70. The van der Waals surface area contributed by atoms with Gasteiger partial charge in [-0.05, 0) is 25.7 Å². The first-order valence-corrected chi connectivity index (χ1v) is 7.57. The number of nitrogens with zero attached hydrogens (tertiary/aromatic N) is 2. The maximum absolute atomic E-state index is 11.3. The van der Waals surface area contributed by atoms with Crippen molar-refractivity contribution in [2.24, 2.45) is 11.7 Å². The molecule has 1 saturated heterocycles. The molecular formula is C10H17N3O3S. The number of hydrogen-bond acceptors (Lipinski definition) is 6. The van der Waals surface area contributed by atoms with E-state index in [1.807, 2.05) is 0 Å². The highest BCUT2D eigenvalue weighted by Gasteiger charge is 2.25. The maximum Gasteiger partial charge on any atom is 0.243 e. The fourth-order valence-electron chi connectivity index (χ4n) is 1.94. The van der Waals surface area contributed by atoms with Gasteiger partial charge in [0, 0.05) is 6.42 Å². The SMILES string of the molecule is CC(N)c1nc(CC2CCS(=O)(=O)CC2)no1. The smallest absolute Gasteiger partial charge is 0.243 e. The van der Waals surface area contributed by atoms with Crippen LogP contribution in [0, 0.1) is 5.92 Å². The largest absolute Gasteiger partial charge is 0.338 e. The summed E-state index contributed by atoms with van der Waals surface area (Å²) in [5.41, 5.74) is 5.62. The van der Waals surface area contributed by atoms with Crippen LogP contribution in [0.2, 0.25) is 0 Å². The predicted molar refractivity (Wildman–Crippen MR) is 62.0 cm³/mol. The molecule has 1 atom stereocenters. The summed E-state index contributed by atoms with van der Waals surface area (Å²) in [7, 11) is -2.80. The Balaban J connectivity index is 1.93. The monoisotopic (exact) mass is 259 g/mol. The number of nitrogens with two attached hydrogens (primary N) is 1. The molecule has 2 heterocycles. The Morgan fingerprint density at radius 2 is 2.12 bits per heavy atom. The van der Waals surface area contributed by atoms with Gasteiger partial charge in [-0.1, -0.05) is 5.16 Å². The van der Waals surface area contributed by atoms with Crippen molar-refractivity contribution in [2.75, 3.05) is 11.5 Å². The molecule has 1 aromatic rings. The summed E-state index contributed by atoms with van der Waals surface area (Å²) in [5, 5.41) is 3.85. The van der Waals surface area contributed by atoms with E-state index in [9.17, 15) is 8.42 Å². The number of sulfone groups is 1. The molecule has 2 rings (SSSR count). The van der Waals surface area contributed by atoms with Gasteiger partial charge in [0.05, 0.1) is 17.5 Å². The molecule has 0 aromatic carbocycles. The summed E-state index contributed by atoms with van der Waals surface area (Å²) < 4.78 is 27.6. The predicted octanol–water partition coefficient (Wildman–Crippen LogP) is 0.457. The topological polar surface area (TPSA) is 99.1 Å². The molecule has 0 radical (unpaired) electrons. The Bertz CT molecular complexity index is 467. The molecule has 1 aliphatic rings. The average molecular weight is 259 g/mol. The summed E-state index contributed by atoms with van der Waals surface area (Å²) in [6, 6.07) is -0.261. The summed E-state index contributed by atoms with van der Waals surface area (Å²) in [6.45, 7) is 1.78. The van der Waals surface area contributed by atoms with Crippen LogP contribution in [-0.4, -0.2) is 30.1 Å². The Labute approximate surface area is 100 Å². The Morgan fingerprint density at radius 3 is 2.65 bits per heavy atom. The van der Waals surface area contributed by atoms with Crippen molar-refractivity contribution in [3.8, 4) is 0 Å². The lowest BCUT2D eigenvalue weighted by Gasteiger charge is -2.20. The highest BCUT2D eigenvalue weighted by atomic mass is 32.2. The van der Waals surface area contributed by atoms with Crippen molar-refractivity contribution in [1.82, 2.24) is 10.1 Å². The molecule has 1 aromatic heterocycles. The van der Waals surface area contributed by atoms with Gasteiger partial charge in [0.2, 0.25) is 5.89 Å². The Kier molecular flexibility index (Phi) is 3.48. The Hall–Kier alpha value is -0.950. The van der Waals surface area contributed by atoms with E-state index in [2.05, 4.69) is 10.1 Å². The second kappa shape index (κ2) is 4.73. The van der Waals surface area contributed by atoms with E-state index in [0.717, 1.165) is 0 Å². The summed E-state index contributed by atoms with van der Waals surface area (Å²) in [4.78, 5) is 4.19. The van der Waals surface area contributed by atoms with Crippen LogP contribution >= 0.6 is 0 Å². The molecule has 1 aliphatic heterocycles. The Morgan fingerprint density at radius 1 is 1.47 bits per heavy atom. The van der Waals surface area contributed by atoms with Gasteiger partial charge in [0.15, 0.2) is 5.82 Å². The molecule has 0 spiro atoms. The van der Waals surface area contributed by atoms with Crippen LogP contribution < -0.4 is 5.73 Å². The minimum Gasteiger partial charge on any atom is -0.338 e. The van der Waals surface area contributed by atoms with Crippen LogP contribution in [-0.2, 0) is 16.3 Å². The third kappa shape index (κ3) is 3.26. The van der Waals surface area contributed by atoms with Crippen LogP contribution in [0.4, 0.5) is 0 Å². The summed E-state index contributed by atoms with van der Waals surface area (Å²) >= 11 is 0. The standard InChI is InChI=1S/C10H17N3O3S/c1-7(11)10-12-9(13-16-10)6-8-2-4-17(14,15)5-3-8/h7-8H,2-6,11H2,1H3. The van der Waals surface area contributed by atoms with Crippen LogP contribution in [0.1, 0.15) is 37.5 Å². The van der Waals surface area contributed by atoms with Crippen molar-refractivity contribution < 1.29 is 12.9 Å². The molecule has 1 fully saturated rings. The van der Waals surface area contributed by atoms with Gasteiger partial charge < -0.3 is 10.3 Å². The van der Waals surface area contributed by atoms with Crippen molar-refractivity contribution in [1.29, 1.82) is 0 Å². The van der Waals surface area contributed by atoms with Crippen LogP contribution in [0.15, 0.2) is 4.52 Å². The normalized spacial score (nSPS) is 22.5. The van der Waals surface area contributed by atoms with Crippen molar-refractivity contribution in [3.63, 3.8) is 0 Å². The van der Waals surface area contributed by atoms with Gasteiger partial charge in [0.1, 0.15) is 9.84 Å². The van der Waals surface area contributed by atoms with Crippen molar-refractivity contribution >= 4 is 9.84 Å². The molecule has 0 saturated carbocycles. The highest BCUT2D eigenvalue weighted by Crippen LogP contribution is 2.22. The fourth-order valence-corrected chi connectivity index (χ4v) is 3.53. The van der Waals surface area contributed by atoms with E-state index >= 15 is 0 Å². The van der Waals surface area contributed by atoms with E-state index in [1.54, 1.807) is 6.92 Å². The first-order chi connectivity index (χ1) is 7.96. The number of hydrogen-bond donors (Lipinski definition) is 1. The third-order valence-electron chi connectivity index (χ3n) is 3.02. The van der Waals surface area contributed by atoms with E-state index in [1.165, 1.54) is 0 Å². The highest BCUT2D eigenvalue weighted by molar-refractivity contribution is 7.91. The van der Waals surface area contributed by atoms with E-state index in [0.29, 0.717) is 36.9 Å². The zero-order valence-electron chi connectivity index (χ0n) is 9.80. The molecule has 2 N–H and O–H groups in total. The lowest BCUT2D eigenvalue weighted by molar-refractivity contribution is 0.352. The minimum absolute atomic E-state index is 0.261. The van der Waals surface area contributed by atoms with Crippen LogP contribution in [0.5, 0.6) is 0 Å². The van der Waals surface area contributed by atoms with Crippen molar-refractivity contribution in [3.05, 3.63) is 11.7 Å². The maximum atomic E-state index is 11.3. The molecule has 0 aliphatic carbocycles. The minimum atomic E-state index is -2.80. The molecular weight excluding hydrogens is 242 g/mol. The molecule has 1 unspecified atom stereocenters. The van der Waals surface area contributed by atoms with Crippen LogP contribution in [0.25, 0.3) is 0 Å². The molecule has 17 heavy (non-hydrogen) atoms. The zero-order valence-corrected chi connectivity index (χ0v) is 10.6. The molecule has 0 amide bonds. The molecule has 96 valence electrons. The molecule has 6 nitrogen and oxygen atoms in total. The van der Waals surface area contributed by atoms with Crippen LogP contribution in [0.3, 0.4) is 0 Å². The van der Waals surface area contributed by atoms with Gasteiger partial charge in [0.25, 0.3) is 0 Å². The molecule has 7 heteroatoms. The van der Waals surface area contributed by atoms with E-state index < -0.39 is 9.84 Å². The quantitative estimate of drug-likeness (QED) is 0.846. The van der Waals surface area contributed by atoms with E-state index in [4.69, 9.17) is 10.3 Å². The van der Waals surface area contributed by atoms with Crippen molar-refractivity contribution in [2.45, 2.75) is 32.2 Å². The summed E-state index contributed by atoms with van der Waals surface area (Å²) in [5.74, 6) is 1.94. The first kappa shape index (κ1) is 12.5. The van der Waals surface area contributed by atoms with Gasteiger partial charge in [-0.2, -0.15) is 4.98 Å². The fraction of sp³-hybridized carbons (Fsp3) is 0.800. The second-order valence-electron chi connectivity index (χ2n) is 4.64. The number of rotatable bonds is 3. The zero-order chi connectivity index (χ0) is 12.5. The van der Waals surface area contributed by atoms with E-state index in [-0.39, 0.29) is 17.5 Å². The molecule has 0 bridgehead atoms. The van der Waals surface area contributed by atoms with Gasteiger partial charge in [-0.3, -0.25) is 0 Å². The number of aromatic nitrogens is 2. The lowest BCUT2D eigenvalue weighted by Crippen LogP contribution is -2.24. The van der Waals surface area contributed by atoms with Gasteiger partial charge in [-0.15, -0.1) is 0 Å². The van der Waals surface area contributed by atoms with Gasteiger partial charge >= 0.3 is 0 Å². The second-order valence-corrected chi connectivity index (χ2v) is 6.94. The third-order valence-corrected chi connectivity index (χ3v) is 4.73. The first-order valence-electron chi connectivity index (χ1n) is 5.75. The van der Waals surface area contributed by atoms with Gasteiger partial charge in [-0.25, -0.2) is 8.42 Å². The summed E-state index contributed by atoms with van der Waals surface area (Å²) in [6.07, 6.45) is 2.04. The lowest BCUT2D eigenvalue weighted by atomic mass is 9.99.